The van der Waals surface area contributed by atoms with Gasteiger partial charge in [0.2, 0.25) is 15.9 Å². The number of aryl methyl sites for hydroxylation is 2. The summed E-state index contributed by atoms with van der Waals surface area (Å²) in [4.78, 5) is 11.9. The Balaban J connectivity index is 1.83. The summed E-state index contributed by atoms with van der Waals surface area (Å²) in [6.07, 6.45) is 0.227. The molecule has 140 valence electrons. The van der Waals surface area contributed by atoms with Gasteiger partial charge in [0, 0.05) is 19.0 Å². The Hall–Kier alpha value is -2.32. The van der Waals surface area contributed by atoms with Crippen molar-refractivity contribution in [2.45, 2.75) is 31.6 Å². The number of hydrogen-bond acceptors (Lipinski definition) is 3. The van der Waals surface area contributed by atoms with Crippen molar-refractivity contribution in [1.29, 1.82) is 0 Å². The van der Waals surface area contributed by atoms with Crippen molar-refractivity contribution in [3.63, 3.8) is 0 Å². The van der Waals surface area contributed by atoms with Gasteiger partial charge < -0.3 is 5.32 Å². The minimum Gasteiger partial charge on any atom is -0.324 e. The SMILES string of the molecule is Cc1ccc(S(=O)(=O)NCCCC(=O)Nc2ccc(F)cc2F)cc1C. The van der Waals surface area contributed by atoms with Crippen LogP contribution < -0.4 is 10.0 Å². The number of nitrogens with one attached hydrogen (secondary N) is 2. The highest BCUT2D eigenvalue weighted by Gasteiger charge is 2.14. The van der Waals surface area contributed by atoms with Crippen LogP contribution in [0.2, 0.25) is 0 Å². The molecule has 0 saturated heterocycles. The highest BCUT2D eigenvalue weighted by Crippen LogP contribution is 2.16. The summed E-state index contributed by atoms with van der Waals surface area (Å²) in [6, 6.07) is 7.68. The van der Waals surface area contributed by atoms with Crippen LogP contribution in [-0.2, 0) is 14.8 Å². The van der Waals surface area contributed by atoms with Gasteiger partial charge in [0.1, 0.15) is 11.6 Å². The van der Waals surface area contributed by atoms with Gasteiger partial charge in [-0.25, -0.2) is 21.9 Å². The van der Waals surface area contributed by atoms with E-state index in [0.29, 0.717) is 6.07 Å². The molecule has 0 heterocycles. The lowest BCUT2D eigenvalue weighted by Crippen LogP contribution is -2.26. The number of benzene rings is 2. The highest BCUT2D eigenvalue weighted by atomic mass is 32.2. The van der Waals surface area contributed by atoms with Crippen molar-refractivity contribution in [3.05, 3.63) is 59.2 Å². The fourth-order valence-corrected chi connectivity index (χ4v) is 3.38. The van der Waals surface area contributed by atoms with Gasteiger partial charge in [-0.05, 0) is 55.7 Å². The fourth-order valence-electron chi connectivity index (χ4n) is 2.22. The molecule has 2 rings (SSSR count). The Bertz CT molecular complexity index is 915. The molecule has 0 fully saturated rings. The second kappa shape index (κ2) is 8.37. The molecule has 0 atom stereocenters. The normalized spacial score (nSPS) is 11.4. The molecule has 0 saturated carbocycles. The smallest absolute Gasteiger partial charge is 0.240 e. The van der Waals surface area contributed by atoms with E-state index in [0.717, 1.165) is 23.3 Å². The van der Waals surface area contributed by atoms with Crippen molar-refractivity contribution in [2.24, 2.45) is 0 Å². The largest absolute Gasteiger partial charge is 0.324 e. The first-order valence-electron chi connectivity index (χ1n) is 8.01. The third kappa shape index (κ3) is 5.34. The van der Waals surface area contributed by atoms with E-state index in [2.05, 4.69) is 10.0 Å². The van der Waals surface area contributed by atoms with Crippen LogP contribution in [0, 0.1) is 25.5 Å². The molecule has 0 spiro atoms. The molecular formula is C18H20F2N2O3S. The molecule has 0 radical (unpaired) electrons. The van der Waals surface area contributed by atoms with E-state index in [1.165, 1.54) is 6.07 Å². The van der Waals surface area contributed by atoms with Crippen molar-refractivity contribution < 1.29 is 22.0 Å². The number of rotatable bonds is 7. The summed E-state index contributed by atoms with van der Waals surface area (Å²) >= 11 is 0. The molecule has 0 unspecified atom stereocenters. The maximum absolute atomic E-state index is 13.5. The zero-order valence-electron chi connectivity index (χ0n) is 14.5. The third-order valence-corrected chi connectivity index (χ3v) is 5.33. The van der Waals surface area contributed by atoms with Gasteiger partial charge in [-0.15, -0.1) is 0 Å². The molecule has 5 nitrogen and oxygen atoms in total. The van der Waals surface area contributed by atoms with Crippen LogP contribution in [0.15, 0.2) is 41.3 Å². The van der Waals surface area contributed by atoms with Gasteiger partial charge in [0.15, 0.2) is 0 Å². The lowest BCUT2D eigenvalue weighted by molar-refractivity contribution is -0.116. The van der Waals surface area contributed by atoms with E-state index < -0.39 is 27.6 Å². The van der Waals surface area contributed by atoms with E-state index in [9.17, 15) is 22.0 Å². The van der Waals surface area contributed by atoms with Gasteiger partial charge in [-0.3, -0.25) is 4.79 Å². The lowest BCUT2D eigenvalue weighted by atomic mass is 10.1. The van der Waals surface area contributed by atoms with Gasteiger partial charge >= 0.3 is 0 Å². The summed E-state index contributed by atoms with van der Waals surface area (Å²) in [6.45, 7) is 3.78. The van der Waals surface area contributed by atoms with Crippen molar-refractivity contribution in [1.82, 2.24) is 4.72 Å². The van der Waals surface area contributed by atoms with Gasteiger partial charge in [-0.1, -0.05) is 6.07 Å². The summed E-state index contributed by atoms with van der Waals surface area (Å²) in [5.74, 6) is -2.09. The number of hydrogen-bond donors (Lipinski definition) is 2. The highest BCUT2D eigenvalue weighted by molar-refractivity contribution is 7.89. The Morgan fingerprint density at radius 1 is 1.04 bits per heavy atom. The monoisotopic (exact) mass is 382 g/mol. The standard InChI is InChI=1S/C18H20F2N2O3S/c1-12-5-7-15(10-13(12)2)26(24,25)21-9-3-4-18(23)22-17-8-6-14(19)11-16(17)20/h5-8,10-11,21H,3-4,9H2,1-2H3,(H,22,23). The first-order valence-corrected chi connectivity index (χ1v) is 9.49. The average molecular weight is 382 g/mol. The van der Waals surface area contributed by atoms with E-state index >= 15 is 0 Å². The van der Waals surface area contributed by atoms with Gasteiger partial charge in [0.25, 0.3) is 0 Å². The van der Waals surface area contributed by atoms with Crippen LogP contribution in [0.4, 0.5) is 14.5 Å². The van der Waals surface area contributed by atoms with Crippen LogP contribution >= 0.6 is 0 Å². The number of anilines is 1. The summed E-state index contributed by atoms with van der Waals surface area (Å²) < 4.78 is 53.1. The van der Waals surface area contributed by atoms with Gasteiger partial charge in [-0.2, -0.15) is 0 Å². The van der Waals surface area contributed by atoms with E-state index in [1.54, 1.807) is 12.1 Å². The molecular weight excluding hydrogens is 362 g/mol. The van der Waals surface area contributed by atoms with Crippen molar-refractivity contribution in [3.8, 4) is 0 Å². The quantitative estimate of drug-likeness (QED) is 0.722. The second-order valence-electron chi connectivity index (χ2n) is 5.92. The third-order valence-electron chi connectivity index (χ3n) is 3.87. The molecule has 2 aromatic rings. The maximum atomic E-state index is 13.5. The van der Waals surface area contributed by atoms with Crippen LogP contribution in [0.5, 0.6) is 0 Å². The lowest BCUT2D eigenvalue weighted by Gasteiger charge is -2.09. The topological polar surface area (TPSA) is 75.3 Å². The number of amides is 1. The number of sulfonamides is 1. The zero-order chi connectivity index (χ0) is 19.3. The molecule has 0 aliphatic heterocycles. The second-order valence-corrected chi connectivity index (χ2v) is 7.69. The predicted molar refractivity (Wildman–Crippen MR) is 95.3 cm³/mol. The summed E-state index contributed by atoms with van der Waals surface area (Å²) in [5, 5.41) is 2.32. The number of carbonyl (C=O) groups is 1. The van der Waals surface area contributed by atoms with Crippen molar-refractivity contribution >= 4 is 21.6 Å². The van der Waals surface area contributed by atoms with E-state index in [1.807, 2.05) is 13.8 Å². The molecule has 0 aliphatic carbocycles. The summed E-state index contributed by atoms with van der Waals surface area (Å²) in [7, 11) is -3.65. The molecule has 1 amide bonds. The van der Waals surface area contributed by atoms with Crippen LogP contribution in [0.25, 0.3) is 0 Å². The molecule has 0 bridgehead atoms. The molecule has 8 heteroatoms. The molecule has 0 aliphatic rings. The Kier molecular flexibility index (Phi) is 6.44. The van der Waals surface area contributed by atoms with Crippen LogP contribution in [0.3, 0.4) is 0 Å². The van der Waals surface area contributed by atoms with Crippen molar-refractivity contribution in [2.75, 3.05) is 11.9 Å². The Morgan fingerprint density at radius 3 is 2.42 bits per heavy atom. The maximum Gasteiger partial charge on any atom is 0.240 e. The fraction of sp³-hybridized carbons (Fsp3) is 0.278. The van der Waals surface area contributed by atoms with Crippen LogP contribution in [-0.4, -0.2) is 20.9 Å². The first kappa shape index (κ1) is 20.0. The minimum atomic E-state index is -3.65. The summed E-state index contributed by atoms with van der Waals surface area (Å²) in [5.41, 5.74) is 1.74. The Labute approximate surface area is 151 Å². The predicted octanol–water partition coefficient (Wildman–Crippen LogP) is 3.28. The average Bonchev–Trinajstić information content (AvgIpc) is 2.56. The molecule has 26 heavy (non-hydrogen) atoms. The van der Waals surface area contributed by atoms with E-state index in [-0.39, 0.29) is 30.0 Å². The molecule has 2 N–H and O–H groups in total. The zero-order valence-corrected chi connectivity index (χ0v) is 15.3. The van der Waals surface area contributed by atoms with Crippen LogP contribution in [0.1, 0.15) is 24.0 Å². The number of halogens is 2. The molecule has 2 aromatic carbocycles. The molecule has 0 aromatic heterocycles. The first-order chi connectivity index (χ1) is 12.2. The minimum absolute atomic E-state index is 0.00768. The Morgan fingerprint density at radius 2 is 1.77 bits per heavy atom. The van der Waals surface area contributed by atoms with Gasteiger partial charge in [0.05, 0.1) is 10.6 Å². The van der Waals surface area contributed by atoms with E-state index in [4.69, 9.17) is 0 Å². The number of carbonyl (C=O) groups excluding carboxylic acids is 1.